The smallest absolute Gasteiger partial charge is 0.296 e. The van der Waals surface area contributed by atoms with Crippen LogP contribution < -0.4 is 21.3 Å². The number of thiocarbonyl (C=S) groups is 1. The number of para-hydroxylation sites is 1. The minimum atomic E-state index is -0.442. The Balaban J connectivity index is 1.44. The van der Waals surface area contributed by atoms with Crippen LogP contribution in [0.15, 0.2) is 63.2 Å². The molecule has 1 aliphatic heterocycles. The van der Waals surface area contributed by atoms with Crippen LogP contribution in [0.25, 0.3) is 17.4 Å². The van der Waals surface area contributed by atoms with Gasteiger partial charge in [0.05, 0.1) is 21.8 Å². The predicted molar refractivity (Wildman–Crippen MR) is 173 cm³/mol. The number of rotatable bonds is 5. The van der Waals surface area contributed by atoms with E-state index in [1.165, 1.54) is 14.0 Å². The molecule has 6 rings (SSSR count). The van der Waals surface area contributed by atoms with Gasteiger partial charge < -0.3 is 5.32 Å². The molecule has 1 amide bonds. The van der Waals surface area contributed by atoms with Crippen LogP contribution in [0.3, 0.4) is 0 Å². The Hall–Kier alpha value is -3.96. The Morgan fingerprint density at radius 1 is 1.00 bits per heavy atom. The molecule has 2 aliphatic rings. The number of hydrogen-bond acceptors (Lipinski definition) is 7. The minimum Gasteiger partial charge on any atom is -0.367 e. The molecule has 0 bridgehead atoms. The van der Waals surface area contributed by atoms with Gasteiger partial charge in [0.2, 0.25) is 0 Å². The summed E-state index contributed by atoms with van der Waals surface area (Å²) in [4.78, 5) is 47.8. The first-order chi connectivity index (χ1) is 20.2. The highest BCUT2D eigenvalue weighted by molar-refractivity contribution is 8.27. The molecule has 3 aromatic heterocycles. The SMILES string of the molecule is Cc1cccn2c(=O)c(C=C3SC(=S)N(c4c(C)n(C)n(-c5ccccc5)c4=O)C3=O)c(NC3CCC(C)CC3)nc12. The number of nitrogens with one attached hydrogen (secondary N) is 1. The maximum absolute atomic E-state index is 13.9. The standard InChI is InChI=1S/C31H32N6O3S2/c1-18-12-14-21(15-13-18)32-26-23(28(38)35-16-8-9-19(2)27(35)33-26)17-24-29(39)36(31(41)42-24)25-20(3)34(4)37(30(25)40)22-10-6-5-7-11-22/h5-11,16-18,21,32H,12-15H2,1-4H3. The van der Waals surface area contributed by atoms with Crippen LogP contribution in [0.1, 0.15) is 49.4 Å². The highest BCUT2D eigenvalue weighted by atomic mass is 32.2. The number of hydrogen-bond donors (Lipinski definition) is 1. The summed E-state index contributed by atoms with van der Waals surface area (Å²) in [6, 6.07) is 13.2. The molecule has 0 radical (unpaired) electrons. The van der Waals surface area contributed by atoms with E-state index in [9.17, 15) is 14.4 Å². The molecule has 11 heteroatoms. The number of thioether (sulfide) groups is 1. The first-order valence-corrected chi connectivity index (χ1v) is 15.3. The van der Waals surface area contributed by atoms with Crippen LogP contribution in [0.2, 0.25) is 0 Å². The van der Waals surface area contributed by atoms with E-state index in [0.717, 1.165) is 43.0 Å². The molecule has 1 saturated heterocycles. The zero-order valence-corrected chi connectivity index (χ0v) is 25.6. The van der Waals surface area contributed by atoms with E-state index in [-0.39, 0.29) is 32.1 Å². The van der Waals surface area contributed by atoms with Crippen molar-refractivity contribution < 1.29 is 4.79 Å². The normalized spacial score (nSPS) is 20.2. The van der Waals surface area contributed by atoms with E-state index in [1.807, 2.05) is 43.3 Å². The highest BCUT2D eigenvalue weighted by Gasteiger charge is 2.38. The van der Waals surface area contributed by atoms with Gasteiger partial charge in [-0.2, -0.15) is 0 Å². The van der Waals surface area contributed by atoms with Crippen LogP contribution >= 0.6 is 24.0 Å². The van der Waals surface area contributed by atoms with Crippen molar-refractivity contribution in [1.82, 2.24) is 18.7 Å². The molecule has 4 aromatic rings. The zero-order chi connectivity index (χ0) is 29.7. The van der Waals surface area contributed by atoms with Gasteiger partial charge in [-0.1, -0.05) is 55.2 Å². The van der Waals surface area contributed by atoms with Gasteiger partial charge in [0, 0.05) is 19.3 Å². The zero-order valence-electron chi connectivity index (χ0n) is 24.0. The Morgan fingerprint density at radius 2 is 1.71 bits per heavy atom. The largest absolute Gasteiger partial charge is 0.367 e. The van der Waals surface area contributed by atoms with Crippen molar-refractivity contribution in [2.24, 2.45) is 13.0 Å². The summed E-state index contributed by atoms with van der Waals surface area (Å²) in [6.45, 7) is 5.97. The molecule has 0 atom stereocenters. The lowest BCUT2D eigenvalue weighted by Crippen LogP contribution is -2.33. The molecular formula is C31H32N6O3S2. The van der Waals surface area contributed by atoms with E-state index in [1.54, 1.807) is 37.0 Å². The minimum absolute atomic E-state index is 0.185. The van der Waals surface area contributed by atoms with Crippen molar-refractivity contribution >= 4 is 57.4 Å². The Bertz CT molecular complexity index is 1880. The number of benzene rings is 1. The van der Waals surface area contributed by atoms with Crippen molar-refractivity contribution in [1.29, 1.82) is 0 Å². The van der Waals surface area contributed by atoms with Crippen molar-refractivity contribution in [3.05, 3.63) is 91.1 Å². The van der Waals surface area contributed by atoms with Crippen molar-refractivity contribution in [2.45, 2.75) is 52.5 Å². The maximum Gasteiger partial charge on any atom is 0.296 e. The topological polar surface area (TPSA) is 93.6 Å². The number of pyridine rings is 1. The van der Waals surface area contributed by atoms with Crippen LogP contribution in [-0.4, -0.2) is 35.0 Å². The highest BCUT2D eigenvalue weighted by Crippen LogP contribution is 2.37. The molecule has 4 heterocycles. The molecule has 0 unspecified atom stereocenters. The number of amides is 1. The number of anilines is 2. The molecule has 1 aromatic carbocycles. The molecule has 1 saturated carbocycles. The Morgan fingerprint density at radius 3 is 2.43 bits per heavy atom. The summed E-state index contributed by atoms with van der Waals surface area (Å²) in [5.41, 5.74) is 2.59. The second kappa shape index (κ2) is 11.0. The second-order valence-corrected chi connectivity index (χ2v) is 12.8. The summed E-state index contributed by atoms with van der Waals surface area (Å²) in [5.74, 6) is 0.693. The molecule has 1 aliphatic carbocycles. The summed E-state index contributed by atoms with van der Waals surface area (Å²) in [5, 5.41) is 3.53. The van der Waals surface area contributed by atoms with E-state index in [4.69, 9.17) is 17.2 Å². The lowest BCUT2D eigenvalue weighted by molar-refractivity contribution is -0.113. The molecular weight excluding hydrogens is 569 g/mol. The Labute approximate surface area is 252 Å². The molecule has 9 nitrogen and oxygen atoms in total. The summed E-state index contributed by atoms with van der Waals surface area (Å²) in [7, 11) is 1.77. The van der Waals surface area contributed by atoms with Gasteiger partial charge in [0.1, 0.15) is 17.2 Å². The summed E-state index contributed by atoms with van der Waals surface area (Å²) >= 11 is 6.72. The van der Waals surface area contributed by atoms with Gasteiger partial charge in [-0.25, -0.2) is 9.67 Å². The van der Waals surface area contributed by atoms with Gasteiger partial charge in [0.15, 0.2) is 4.32 Å². The average molecular weight is 601 g/mol. The number of aryl methyl sites for hydroxylation is 1. The summed E-state index contributed by atoms with van der Waals surface area (Å²) in [6.07, 6.45) is 7.44. The van der Waals surface area contributed by atoms with E-state index < -0.39 is 5.91 Å². The number of aromatic nitrogens is 4. The van der Waals surface area contributed by atoms with Gasteiger partial charge in [0.25, 0.3) is 17.0 Å². The third-order valence-corrected chi connectivity index (χ3v) is 9.56. The number of carbonyl (C=O) groups is 1. The van der Waals surface area contributed by atoms with E-state index in [0.29, 0.717) is 34.3 Å². The molecule has 1 N–H and O–H groups in total. The lowest BCUT2D eigenvalue weighted by Gasteiger charge is -2.28. The van der Waals surface area contributed by atoms with Crippen LogP contribution in [0.4, 0.5) is 11.5 Å². The average Bonchev–Trinajstić information content (AvgIpc) is 3.37. The fourth-order valence-electron chi connectivity index (χ4n) is 5.75. The van der Waals surface area contributed by atoms with Crippen molar-refractivity contribution in [3.63, 3.8) is 0 Å². The number of fused-ring (bicyclic) bond motifs is 1. The van der Waals surface area contributed by atoms with Crippen molar-refractivity contribution in [3.8, 4) is 5.69 Å². The van der Waals surface area contributed by atoms with Gasteiger partial charge in [-0.05, 0) is 75.3 Å². The Kier molecular flexibility index (Phi) is 7.40. The van der Waals surface area contributed by atoms with Crippen molar-refractivity contribution in [2.75, 3.05) is 10.2 Å². The first-order valence-electron chi connectivity index (χ1n) is 14.1. The molecule has 42 heavy (non-hydrogen) atoms. The number of carbonyl (C=O) groups excluding carboxylic acids is 1. The predicted octanol–water partition coefficient (Wildman–Crippen LogP) is 5.20. The fourth-order valence-corrected chi connectivity index (χ4v) is 7.01. The maximum atomic E-state index is 13.9. The lowest BCUT2D eigenvalue weighted by atomic mass is 9.87. The van der Waals surface area contributed by atoms with E-state index in [2.05, 4.69) is 12.2 Å². The third-order valence-electron chi connectivity index (χ3n) is 8.26. The number of nitrogens with zero attached hydrogens (tertiary/aromatic N) is 5. The second-order valence-electron chi connectivity index (χ2n) is 11.1. The van der Waals surface area contributed by atoms with Crippen LogP contribution in [0, 0.1) is 19.8 Å². The third kappa shape index (κ3) is 4.80. The molecule has 0 spiro atoms. The van der Waals surface area contributed by atoms with Crippen LogP contribution in [0.5, 0.6) is 0 Å². The molecule has 2 fully saturated rings. The van der Waals surface area contributed by atoms with Crippen LogP contribution in [-0.2, 0) is 11.8 Å². The fraction of sp³-hybridized carbons (Fsp3) is 0.323. The molecule has 216 valence electrons. The van der Waals surface area contributed by atoms with Gasteiger partial charge in [-0.3, -0.25) is 28.4 Å². The van der Waals surface area contributed by atoms with E-state index >= 15 is 0 Å². The first kappa shape index (κ1) is 28.2. The van der Waals surface area contributed by atoms with Gasteiger partial charge >= 0.3 is 0 Å². The monoisotopic (exact) mass is 600 g/mol. The quantitative estimate of drug-likeness (QED) is 0.249. The summed E-state index contributed by atoms with van der Waals surface area (Å²) < 4.78 is 4.97. The van der Waals surface area contributed by atoms with Gasteiger partial charge in [-0.15, -0.1) is 0 Å².